The molecule has 1 saturated heterocycles. The molecule has 0 bridgehead atoms. The number of nitrogen functional groups attached to an aromatic ring is 1. The van der Waals surface area contributed by atoms with Crippen LogP contribution in [-0.4, -0.2) is 43.9 Å². The molecule has 19 heavy (non-hydrogen) atoms. The predicted molar refractivity (Wildman–Crippen MR) is 77.8 cm³/mol. The molecule has 1 aliphatic heterocycles. The minimum atomic E-state index is -0.0720. The van der Waals surface area contributed by atoms with Gasteiger partial charge in [-0.2, -0.15) is 5.26 Å². The third-order valence-corrected chi connectivity index (χ3v) is 4.73. The molecule has 0 aromatic carbocycles. The number of rotatable bonds is 2. The summed E-state index contributed by atoms with van der Waals surface area (Å²) in [4.78, 5) is 16.5. The first-order chi connectivity index (χ1) is 9.04. The van der Waals surface area contributed by atoms with E-state index >= 15 is 0 Å². The molecule has 0 aliphatic carbocycles. The predicted octanol–water partition coefficient (Wildman–Crippen LogP) is 1.55. The van der Waals surface area contributed by atoms with Gasteiger partial charge in [0.25, 0.3) is 0 Å². The monoisotopic (exact) mass is 278 g/mol. The van der Waals surface area contributed by atoms with E-state index in [-0.39, 0.29) is 5.78 Å². The average molecular weight is 278 g/mol. The Kier molecular flexibility index (Phi) is 4.08. The molecular weight excluding hydrogens is 260 g/mol. The largest absolute Gasteiger partial charge is 0.396 e. The summed E-state index contributed by atoms with van der Waals surface area (Å²) in [6.07, 6.45) is 1.05. The molecule has 1 aromatic rings. The van der Waals surface area contributed by atoms with E-state index in [1.807, 2.05) is 0 Å². The first kappa shape index (κ1) is 13.8. The van der Waals surface area contributed by atoms with E-state index in [0.29, 0.717) is 16.1 Å². The van der Waals surface area contributed by atoms with E-state index in [2.05, 4.69) is 22.9 Å². The van der Waals surface area contributed by atoms with Gasteiger partial charge in [-0.15, -0.1) is 11.3 Å². The highest BCUT2D eigenvalue weighted by Gasteiger charge is 2.23. The van der Waals surface area contributed by atoms with Gasteiger partial charge in [-0.1, -0.05) is 0 Å². The fourth-order valence-corrected chi connectivity index (χ4v) is 3.39. The van der Waals surface area contributed by atoms with Crippen LogP contribution in [0.1, 0.15) is 28.6 Å². The van der Waals surface area contributed by atoms with Crippen LogP contribution in [0.3, 0.4) is 0 Å². The minimum absolute atomic E-state index is 0.0720. The molecule has 0 unspecified atom stereocenters. The summed E-state index contributed by atoms with van der Waals surface area (Å²) in [7, 11) is 2.10. The molecule has 0 amide bonds. The van der Waals surface area contributed by atoms with Crippen molar-refractivity contribution < 1.29 is 4.79 Å². The SMILES string of the molecule is CC(=O)c1sc(N2CCCN(C)CC2)c(C#N)c1N. The highest BCUT2D eigenvalue weighted by Crippen LogP contribution is 2.38. The lowest BCUT2D eigenvalue weighted by Crippen LogP contribution is -2.28. The Morgan fingerprint density at radius 3 is 2.74 bits per heavy atom. The molecule has 0 spiro atoms. The third kappa shape index (κ3) is 2.72. The van der Waals surface area contributed by atoms with E-state index in [4.69, 9.17) is 5.73 Å². The number of carbonyl (C=O) groups is 1. The summed E-state index contributed by atoms with van der Waals surface area (Å²) in [5, 5.41) is 10.1. The van der Waals surface area contributed by atoms with Crippen LogP contribution in [-0.2, 0) is 0 Å². The van der Waals surface area contributed by atoms with E-state index in [1.54, 1.807) is 0 Å². The van der Waals surface area contributed by atoms with Gasteiger partial charge in [-0.05, 0) is 20.0 Å². The standard InChI is InChI=1S/C13H18N4OS/c1-9(18)12-11(15)10(8-14)13(19-12)17-5-3-4-16(2)6-7-17/h3-7,15H2,1-2H3. The van der Waals surface area contributed by atoms with Crippen molar-refractivity contribution in [3.05, 3.63) is 10.4 Å². The number of thiophene rings is 1. The number of carbonyl (C=O) groups excluding carboxylic acids is 1. The second kappa shape index (κ2) is 5.59. The number of hydrogen-bond acceptors (Lipinski definition) is 6. The number of nitriles is 1. The average Bonchev–Trinajstić information content (AvgIpc) is 2.54. The van der Waals surface area contributed by atoms with E-state index in [9.17, 15) is 10.1 Å². The van der Waals surface area contributed by atoms with Gasteiger partial charge in [0.15, 0.2) is 5.78 Å². The van der Waals surface area contributed by atoms with Crippen LogP contribution in [0.2, 0.25) is 0 Å². The van der Waals surface area contributed by atoms with Crippen molar-refractivity contribution in [1.82, 2.24) is 4.90 Å². The number of likely N-dealkylation sites (N-methyl/N-ethyl adjacent to an activating group) is 1. The topological polar surface area (TPSA) is 73.4 Å². The van der Waals surface area contributed by atoms with Crippen molar-refractivity contribution in [2.45, 2.75) is 13.3 Å². The van der Waals surface area contributed by atoms with E-state index in [1.165, 1.54) is 18.3 Å². The first-order valence-electron chi connectivity index (χ1n) is 6.31. The summed E-state index contributed by atoms with van der Waals surface area (Å²) in [6, 6.07) is 2.15. The molecule has 5 nitrogen and oxygen atoms in total. The van der Waals surface area contributed by atoms with Crippen LogP contribution in [0.15, 0.2) is 0 Å². The number of Topliss-reactive ketones (excluding diaryl/α,β-unsaturated/α-hetero) is 1. The van der Waals surface area contributed by atoms with Gasteiger partial charge < -0.3 is 15.5 Å². The second-order valence-electron chi connectivity index (χ2n) is 4.84. The van der Waals surface area contributed by atoms with Gasteiger partial charge in [0, 0.05) is 26.6 Å². The number of hydrogen-bond donors (Lipinski definition) is 1. The van der Waals surface area contributed by atoms with Crippen molar-refractivity contribution >= 4 is 27.8 Å². The lowest BCUT2D eigenvalue weighted by molar-refractivity contribution is 0.102. The van der Waals surface area contributed by atoms with Gasteiger partial charge >= 0.3 is 0 Å². The Hall–Kier alpha value is -1.58. The zero-order valence-corrected chi connectivity index (χ0v) is 12.1. The summed E-state index contributed by atoms with van der Waals surface area (Å²) in [5.74, 6) is -0.0720. The normalized spacial score (nSPS) is 17.0. The Morgan fingerprint density at radius 1 is 1.37 bits per heavy atom. The van der Waals surface area contributed by atoms with Crippen LogP contribution < -0.4 is 10.6 Å². The molecule has 102 valence electrons. The Balaban J connectivity index is 2.36. The van der Waals surface area contributed by atoms with Crippen LogP contribution in [0.5, 0.6) is 0 Å². The van der Waals surface area contributed by atoms with E-state index in [0.717, 1.165) is 37.6 Å². The van der Waals surface area contributed by atoms with Crippen molar-refractivity contribution in [3.63, 3.8) is 0 Å². The maximum atomic E-state index is 11.5. The van der Waals surface area contributed by atoms with Crippen LogP contribution in [0.4, 0.5) is 10.7 Å². The fraction of sp³-hybridized carbons (Fsp3) is 0.538. The highest BCUT2D eigenvalue weighted by molar-refractivity contribution is 7.19. The Bertz CT molecular complexity index is 531. The van der Waals surface area contributed by atoms with Crippen LogP contribution in [0, 0.1) is 11.3 Å². The molecular formula is C13H18N4OS. The highest BCUT2D eigenvalue weighted by atomic mass is 32.1. The lowest BCUT2D eigenvalue weighted by atomic mass is 10.2. The van der Waals surface area contributed by atoms with Crippen LogP contribution in [0.25, 0.3) is 0 Å². The molecule has 0 saturated carbocycles. The molecule has 6 heteroatoms. The molecule has 1 fully saturated rings. The Morgan fingerprint density at radius 2 is 2.11 bits per heavy atom. The maximum Gasteiger partial charge on any atom is 0.171 e. The summed E-state index contributed by atoms with van der Waals surface area (Å²) in [5.41, 5.74) is 6.72. The molecule has 0 radical (unpaired) electrons. The smallest absolute Gasteiger partial charge is 0.171 e. The number of ketones is 1. The molecule has 1 aliphatic rings. The van der Waals surface area contributed by atoms with Crippen molar-refractivity contribution in [1.29, 1.82) is 5.26 Å². The Labute approximate surface area is 117 Å². The van der Waals surface area contributed by atoms with Crippen molar-refractivity contribution in [2.24, 2.45) is 0 Å². The zero-order chi connectivity index (χ0) is 14.0. The van der Waals surface area contributed by atoms with Crippen molar-refractivity contribution in [3.8, 4) is 6.07 Å². The fourth-order valence-electron chi connectivity index (χ4n) is 2.27. The molecule has 2 rings (SSSR count). The zero-order valence-electron chi connectivity index (χ0n) is 11.3. The summed E-state index contributed by atoms with van der Waals surface area (Å²) in [6.45, 7) is 5.26. The van der Waals surface area contributed by atoms with Gasteiger partial charge in [0.05, 0.1) is 10.6 Å². The molecule has 1 aromatic heterocycles. The molecule has 2 N–H and O–H groups in total. The molecule has 0 atom stereocenters. The summed E-state index contributed by atoms with van der Waals surface area (Å²) < 4.78 is 0. The number of nitrogens with zero attached hydrogens (tertiary/aromatic N) is 3. The summed E-state index contributed by atoms with van der Waals surface area (Å²) >= 11 is 1.35. The number of nitrogens with two attached hydrogens (primary N) is 1. The van der Waals surface area contributed by atoms with Gasteiger partial charge in [0.1, 0.15) is 16.6 Å². The molecule has 2 heterocycles. The van der Waals surface area contributed by atoms with Gasteiger partial charge in [-0.25, -0.2) is 0 Å². The van der Waals surface area contributed by atoms with Crippen LogP contribution >= 0.6 is 11.3 Å². The second-order valence-corrected chi connectivity index (χ2v) is 5.84. The van der Waals surface area contributed by atoms with Gasteiger partial charge in [-0.3, -0.25) is 4.79 Å². The number of anilines is 2. The van der Waals surface area contributed by atoms with E-state index < -0.39 is 0 Å². The quantitative estimate of drug-likeness (QED) is 0.831. The maximum absolute atomic E-state index is 11.5. The van der Waals surface area contributed by atoms with Gasteiger partial charge in [0.2, 0.25) is 0 Å². The lowest BCUT2D eigenvalue weighted by Gasteiger charge is -2.21. The minimum Gasteiger partial charge on any atom is -0.396 e. The first-order valence-corrected chi connectivity index (χ1v) is 7.13. The van der Waals surface area contributed by atoms with Crippen molar-refractivity contribution in [2.75, 3.05) is 43.9 Å². The third-order valence-electron chi connectivity index (χ3n) is 3.36.